The average Bonchev–Trinajstić information content (AvgIpc) is 3.17. The van der Waals surface area contributed by atoms with Crippen LogP contribution in [0, 0.1) is 16.0 Å². The number of benzene rings is 2. The summed E-state index contributed by atoms with van der Waals surface area (Å²) in [4.78, 5) is 23.4. The lowest BCUT2D eigenvalue weighted by Crippen LogP contribution is -2.32. The van der Waals surface area contributed by atoms with Crippen molar-refractivity contribution in [1.29, 1.82) is 0 Å². The van der Waals surface area contributed by atoms with Crippen LogP contribution in [0.3, 0.4) is 0 Å². The molecule has 3 unspecified atom stereocenters. The summed E-state index contributed by atoms with van der Waals surface area (Å²) in [6, 6.07) is 10.0. The highest BCUT2D eigenvalue weighted by Gasteiger charge is 2.40. The molecule has 0 saturated carbocycles. The standard InChI is InChI=1S/C21H20ClN3O3/c1-2-23-21(26)16-8-4-7-14-13-5-3-6-15(13)20(24-19(14)16)17-11-12(25(27)28)9-10-18(17)22/h3-5,7-11,13,15,20,24H,2,6H2,1H3,(H,23,26). The summed E-state index contributed by atoms with van der Waals surface area (Å²) in [6.07, 6.45) is 5.12. The predicted molar refractivity (Wildman–Crippen MR) is 109 cm³/mol. The Morgan fingerprint density at radius 3 is 2.89 bits per heavy atom. The molecule has 1 aliphatic heterocycles. The van der Waals surface area contributed by atoms with Gasteiger partial charge in [-0.1, -0.05) is 35.9 Å². The zero-order valence-electron chi connectivity index (χ0n) is 15.3. The topological polar surface area (TPSA) is 84.3 Å². The Morgan fingerprint density at radius 2 is 2.14 bits per heavy atom. The first-order valence-electron chi connectivity index (χ1n) is 9.29. The summed E-state index contributed by atoms with van der Waals surface area (Å²) in [5, 5.41) is 18.1. The Bertz CT molecular complexity index is 989. The minimum atomic E-state index is -0.416. The van der Waals surface area contributed by atoms with Crippen molar-refractivity contribution in [3.8, 4) is 0 Å². The first kappa shape index (κ1) is 18.5. The maximum atomic E-state index is 12.6. The van der Waals surface area contributed by atoms with Crippen molar-refractivity contribution in [3.63, 3.8) is 0 Å². The molecule has 1 amide bonds. The molecule has 144 valence electrons. The van der Waals surface area contributed by atoms with Crippen molar-refractivity contribution in [2.24, 2.45) is 5.92 Å². The maximum Gasteiger partial charge on any atom is 0.269 e. The van der Waals surface area contributed by atoms with E-state index >= 15 is 0 Å². The van der Waals surface area contributed by atoms with E-state index in [-0.39, 0.29) is 29.5 Å². The van der Waals surface area contributed by atoms with Crippen LogP contribution in [0.4, 0.5) is 11.4 Å². The first-order valence-corrected chi connectivity index (χ1v) is 9.67. The number of amides is 1. The number of nitro benzene ring substituents is 1. The fourth-order valence-corrected chi connectivity index (χ4v) is 4.49. The molecule has 2 N–H and O–H groups in total. The van der Waals surface area contributed by atoms with Crippen LogP contribution in [0.5, 0.6) is 0 Å². The number of fused-ring (bicyclic) bond motifs is 3. The largest absolute Gasteiger partial charge is 0.377 e. The van der Waals surface area contributed by atoms with Crippen LogP contribution in [-0.4, -0.2) is 17.4 Å². The van der Waals surface area contributed by atoms with Gasteiger partial charge in [-0.15, -0.1) is 0 Å². The molecule has 0 radical (unpaired) electrons. The molecule has 2 aromatic rings. The molecule has 7 heteroatoms. The van der Waals surface area contributed by atoms with Gasteiger partial charge in [-0.05, 0) is 37.0 Å². The van der Waals surface area contributed by atoms with Crippen LogP contribution < -0.4 is 10.6 Å². The maximum absolute atomic E-state index is 12.6. The molecule has 1 heterocycles. The minimum absolute atomic E-state index is 0.00603. The Labute approximate surface area is 167 Å². The summed E-state index contributed by atoms with van der Waals surface area (Å²) in [6.45, 7) is 2.41. The van der Waals surface area contributed by atoms with Gasteiger partial charge in [-0.25, -0.2) is 0 Å². The number of allylic oxidation sites excluding steroid dienone is 2. The van der Waals surface area contributed by atoms with E-state index in [1.54, 1.807) is 12.1 Å². The van der Waals surface area contributed by atoms with Gasteiger partial charge in [0.2, 0.25) is 0 Å². The zero-order valence-corrected chi connectivity index (χ0v) is 16.1. The van der Waals surface area contributed by atoms with E-state index in [0.29, 0.717) is 22.7 Å². The third kappa shape index (κ3) is 3.03. The number of anilines is 1. The van der Waals surface area contributed by atoms with E-state index in [9.17, 15) is 14.9 Å². The Morgan fingerprint density at radius 1 is 1.32 bits per heavy atom. The number of nitrogens with zero attached hydrogens (tertiary/aromatic N) is 1. The second kappa shape index (κ2) is 7.28. The fraction of sp³-hybridized carbons (Fsp3) is 0.286. The lowest BCUT2D eigenvalue weighted by molar-refractivity contribution is -0.384. The number of rotatable bonds is 4. The molecule has 0 saturated heterocycles. The quantitative estimate of drug-likeness (QED) is 0.440. The SMILES string of the molecule is CCNC(=O)c1cccc2c1NC(c1cc([N+](=O)[O-])ccc1Cl)C1CC=CC21. The smallest absolute Gasteiger partial charge is 0.269 e. The van der Waals surface area contributed by atoms with Crippen LogP contribution >= 0.6 is 11.6 Å². The third-order valence-corrected chi connectivity index (χ3v) is 5.85. The van der Waals surface area contributed by atoms with E-state index in [4.69, 9.17) is 11.6 Å². The van der Waals surface area contributed by atoms with Gasteiger partial charge in [0.15, 0.2) is 0 Å². The third-order valence-electron chi connectivity index (χ3n) is 5.50. The molecule has 0 spiro atoms. The van der Waals surface area contributed by atoms with Gasteiger partial charge in [0.05, 0.1) is 22.2 Å². The molecule has 3 atom stereocenters. The lowest BCUT2D eigenvalue weighted by Gasteiger charge is -2.38. The first-order chi connectivity index (χ1) is 13.5. The van der Waals surface area contributed by atoms with Gasteiger partial charge in [-0.3, -0.25) is 14.9 Å². The normalized spacial score (nSPS) is 22.1. The highest BCUT2D eigenvalue weighted by atomic mass is 35.5. The number of hydrogen-bond acceptors (Lipinski definition) is 4. The number of hydrogen-bond donors (Lipinski definition) is 2. The molecule has 2 aliphatic rings. The number of carbonyl (C=O) groups excluding carboxylic acids is 1. The summed E-state index contributed by atoms with van der Waals surface area (Å²) >= 11 is 6.44. The minimum Gasteiger partial charge on any atom is -0.377 e. The molecule has 6 nitrogen and oxygen atoms in total. The molecular weight excluding hydrogens is 378 g/mol. The second-order valence-corrected chi connectivity index (χ2v) is 7.47. The summed E-state index contributed by atoms with van der Waals surface area (Å²) in [5.74, 6) is 0.165. The number of halogens is 1. The number of non-ortho nitro benzene ring substituents is 1. The van der Waals surface area contributed by atoms with Gasteiger partial charge in [0, 0.05) is 35.2 Å². The number of carbonyl (C=O) groups is 1. The van der Waals surface area contributed by atoms with Gasteiger partial charge in [0.25, 0.3) is 11.6 Å². The van der Waals surface area contributed by atoms with Gasteiger partial charge in [-0.2, -0.15) is 0 Å². The van der Waals surface area contributed by atoms with Crippen LogP contribution in [-0.2, 0) is 0 Å². The van der Waals surface area contributed by atoms with Crippen molar-refractivity contribution < 1.29 is 9.72 Å². The Kier molecular flexibility index (Phi) is 4.81. The number of nitro groups is 1. The Balaban J connectivity index is 1.83. The van der Waals surface area contributed by atoms with E-state index in [1.807, 2.05) is 19.1 Å². The summed E-state index contributed by atoms with van der Waals surface area (Å²) in [5.41, 5.74) is 3.11. The molecule has 28 heavy (non-hydrogen) atoms. The molecule has 0 fully saturated rings. The zero-order chi connectivity index (χ0) is 19.8. The van der Waals surface area contributed by atoms with Gasteiger partial charge in [0.1, 0.15) is 0 Å². The Hall–Kier alpha value is -2.86. The second-order valence-electron chi connectivity index (χ2n) is 7.07. The van der Waals surface area contributed by atoms with Crippen molar-refractivity contribution in [2.75, 3.05) is 11.9 Å². The summed E-state index contributed by atoms with van der Waals surface area (Å²) in [7, 11) is 0. The molecule has 4 rings (SSSR count). The van der Waals surface area contributed by atoms with Gasteiger partial charge >= 0.3 is 0 Å². The van der Waals surface area contributed by atoms with E-state index in [0.717, 1.165) is 17.7 Å². The van der Waals surface area contributed by atoms with E-state index < -0.39 is 4.92 Å². The average molecular weight is 398 g/mol. The van der Waals surface area contributed by atoms with Crippen LogP contribution in [0.15, 0.2) is 48.6 Å². The van der Waals surface area contributed by atoms with Crippen molar-refractivity contribution in [2.45, 2.75) is 25.3 Å². The van der Waals surface area contributed by atoms with Gasteiger partial charge < -0.3 is 10.6 Å². The number of para-hydroxylation sites is 1. The summed E-state index contributed by atoms with van der Waals surface area (Å²) < 4.78 is 0. The molecule has 0 aromatic heterocycles. The highest BCUT2D eigenvalue weighted by Crippen LogP contribution is 2.51. The van der Waals surface area contributed by atoms with Crippen molar-refractivity contribution in [1.82, 2.24) is 5.32 Å². The molecule has 0 bridgehead atoms. The predicted octanol–water partition coefficient (Wildman–Crippen LogP) is 4.82. The van der Waals surface area contributed by atoms with Crippen LogP contribution in [0.2, 0.25) is 5.02 Å². The van der Waals surface area contributed by atoms with E-state index in [1.165, 1.54) is 12.1 Å². The number of nitrogens with one attached hydrogen (secondary N) is 2. The highest BCUT2D eigenvalue weighted by molar-refractivity contribution is 6.31. The molecular formula is C21H20ClN3O3. The lowest BCUT2D eigenvalue weighted by atomic mass is 9.76. The monoisotopic (exact) mass is 397 g/mol. The van der Waals surface area contributed by atoms with E-state index in [2.05, 4.69) is 22.8 Å². The molecule has 1 aliphatic carbocycles. The van der Waals surface area contributed by atoms with Crippen molar-refractivity contribution >= 4 is 28.9 Å². The fourth-order valence-electron chi connectivity index (χ4n) is 4.26. The van der Waals surface area contributed by atoms with Crippen molar-refractivity contribution in [3.05, 3.63) is 80.4 Å². The van der Waals surface area contributed by atoms with Crippen LogP contribution in [0.25, 0.3) is 0 Å². The van der Waals surface area contributed by atoms with Crippen LogP contribution in [0.1, 0.15) is 46.8 Å². The molecule has 2 aromatic carbocycles.